The van der Waals surface area contributed by atoms with Crippen LogP contribution in [-0.4, -0.2) is 17.9 Å². The lowest BCUT2D eigenvalue weighted by Crippen LogP contribution is -1.96. The molecule has 0 atom stereocenters. The molecular formula is C22H12O5S2. The fourth-order valence-electron chi connectivity index (χ4n) is 3.13. The van der Waals surface area contributed by atoms with Crippen molar-refractivity contribution >= 4 is 41.4 Å². The van der Waals surface area contributed by atoms with Gasteiger partial charge in [0.2, 0.25) is 0 Å². The van der Waals surface area contributed by atoms with Crippen LogP contribution in [0.4, 0.5) is 0 Å². The van der Waals surface area contributed by atoms with Gasteiger partial charge < -0.3 is 9.47 Å². The molecule has 142 valence electrons. The second kappa shape index (κ2) is 7.09. The van der Waals surface area contributed by atoms with Crippen LogP contribution in [0.15, 0.2) is 80.2 Å². The van der Waals surface area contributed by atoms with Gasteiger partial charge in [-0.15, -0.1) is 0 Å². The van der Waals surface area contributed by atoms with Crippen LogP contribution in [-0.2, 0) is 16.1 Å². The lowest BCUT2D eigenvalue weighted by Gasteiger charge is -2.06. The highest BCUT2D eigenvalue weighted by molar-refractivity contribution is 7.99. The van der Waals surface area contributed by atoms with Gasteiger partial charge in [-0.2, -0.15) is 0 Å². The van der Waals surface area contributed by atoms with Crippen molar-refractivity contribution < 1.29 is 23.9 Å². The molecule has 0 radical (unpaired) electrons. The highest BCUT2D eigenvalue weighted by Crippen LogP contribution is 2.35. The molecule has 5 rings (SSSR count). The van der Waals surface area contributed by atoms with E-state index in [-0.39, 0.29) is 5.97 Å². The zero-order chi connectivity index (χ0) is 20.0. The molecule has 7 heteroatoms. The third-order valence-electron chi connectivity index (χ3n) is 4.57. The Balaban J connectivity index is 1.31. The first-order valence-corrected chi connectivity index (χ1v) is 10.4. The molecule has 0 aliphatic carbocycles. The molecule has 0 saturated heterocycles. The van der Waals surface area contributed by atoms with Crippen LogP contribution in [0.5, 0.6) is 0 Å². The number of hydrogen-bond acceptors (Lipinski definition) is 7. The van der Waals surface area contributed by atoms with Crippen molar-refractivity contribution in [3.05, 3.63) is 82.9 Å². The Morgan fingerprint density at radius 2 is 1.14 bits per heavy atom. The number of benzene rings is 3. The van der Waals surface area contributed by atoms with E-state index in [0.29, 0.717) is 23.3 Å². The van der Waals surface area contributed by atoms with Crippen molar-refractivity contribution in [3.63, 3.8) is 0 Å². The van der Waals surface area contributed by atoms with Crippen molar-refractivity contribution in [3.8, 4) is 0 Å². The largest absolute Gasteiger partial charge is 0.457 e. The number of ether oxygens (including phenoxy) is 2. The van der Waals surface area contributed by atoms with E-state index in [1.54, 1.807) is 30.0 Å². The van der Waals surface area contributed by atoms with E-state index < -0.39 is 11.9 Å². The Morgan fingerprint density at radius 3 is 1.83 bits per heavy atom. The van der Waals surface area contributed by atoms with Crippen LogP contribution in [0.1, 0.15) is 36.6 Å². The Hall–Kier alpha value is -3.03. The molecule has 2 aliphatic heterocycles. The van der Waals surface area contributed by atoms with Crippen LogP contribution in [0.25, 0.3) is 0 Å². The normalized spacial score (nSPS) is 14.4. The van der Waals surface area contributed by atoms with Gasteiger partial charge in [-0.05, 0) is 54.6 Å². The van der Waals surface area contributed by atoms with Crippen molar-refractivity contribution in [2.24, 2.45) is 0 Å². The van der Waals surface area contributed by atoms with Gasteiger partial charge in [0, 0.05) is 25.1 Å². The molecular weight excluding hydrogens is 408 g/mol. The van der Waals surface area contributed by atoms with Crippen LogP contribution in [0, 0.1) is 0 Å². The van der Waals surface area contributed by atoms with E-state index >= 15 is 0 Å². The topological polar surface area (TPSA) is 69.7 Å². The Kier molecular flexibility index (Phi) is 4.41. The number of hydrogen-bond donors (Lipinski definition) is 0. The molecule has 0 bridgehead atoms. The molecule has 0 N–H and O–H groups in total. The van der Waals surface area contributed by atoms with Gasteiger partial charge in [0.05, 0.1) is 16.7 Å². The fourth-order valence-corrected chi connectivity index (χ4v) is 4.85. The Bertz CT molecular complexity index is 1180. The lowest BCUT2D eigenvalue weighted by molar-refractivity contribution is 0.0442. The summed E-state index contributed by atoms with van der Waals surface area (Å²) < 4.78 is 9.67. The molecule has 2 aliphatic rings. The van der Waals surface area contributed by atoms with E-state index in [1.165, 1.54) is 11.8 Å². The van der Waals surface area contributed by atoms with Crippen molar-refractivity contribution in [2.75, 3.05) is 0 Å². The van der Waals surface area contributed by atoms with Gasteiger partial charge >= 0.3 is 17.9 Å². The maximum Gasteiger partial charge on any atom is 0.346 e. The number of esters is 3. The summed E-state index contributed by atoms with van der Waals surface area (Å²) in [6.45, 7) is 0.347. The molecule has 2 heterocycles. The van der Waals surface area contributed by atoms with Crippen LogP contribution < -0.4 is 0 Å². The van der Waals surface area contributed by atoms with E-state index in [4.69, 9.17) is 4.74 Å². The predicted molar refractivity (Wildman–Crippen MR) is 106 cm³/mol. The molecule has 3 aromatic rings. The summed E-state index contributed by atoms with van der Waals surface area (Å²) in [7, 11) is 0. The third-order valence-corrected chi connectivity index (χ3v) is 6.57. The molecule has 29 heavy (non-hydrogen) atoms. The van der Waals surface area contributed by atoms with Crippen molar-refractivity contribution in [1.82, 2.24) is 0 Å². The van der Waals surface area contributed by atoms with Gasteiger partial charge in [-0.3, -0.25) is 0 Å². The highest BCUT2D eigenvalue weighted by atomic mass is 32.2. The maximum atomic E-state index is 11.7. The number of cyclic esters (lactones) is 3. The van der Waals surface area contributed by atoms with E-state index in [2.05, 4.69) is 4.74 Å². The standard InChI is InChI=1S/C22H12O5S2/c23-20-18-9-15(2-1-12(18)11-26-20)28-13-3-5-14(6-4-13)29-16-7-8-17-19(10-16)22(25)27-21(17)24/h1-10H,11H2. The smallest absolute Gasteiger partial charge is 0.346 e. The average Bonchev–Trinajstić information content (AvgIpc) is 3.23. The van der Waals surface area contributed by atoms with Crippen LogP contribution in [0.3, 0.4) is 0 Å². The summed E-state index contributed by atoms with van der Waals surface area (Å²) in [4.78, 5) is 38.8. The first kappa shape index (κ1) is 18.0. The quantitative estimate of drug-likeness (QED) is 0.436. The van der Waals surface area contributed by atoms with Gasteiger partial charge in [0.15, 0.2) is 0 Å². The average molecular weight is 420 g/mol. The summed E-state index contributed by atoms with van der Waals surface area (Å²) in [5.41, 5.74) is 2.17. The molecule has 0 saturated carbocycles. The third kappa shape index (κ3) is 3.43. The van der Waals surface area contributed by atoms with Gasteiger partial charge in [-0.25, -0.2) is 14.4 Å². The molecule has 0 unspecified atom stereocenters. The summed E-state index contributed by atoms with van der Waals surface area (Å²) >= 11 is 3.07. The second-order valence-electron chi connectivity index (χ2n) is 6.45. The summed E-state index contributed by atoms with van der Waals surface area (Å²) in [6.07, 6.45) is 0. The molecule has 3 aromatic carbocycles. The minimum absolute atomic E-state index is 0.269. The minimum Gasteiger partial charge on any atom is -0.457 e. The minimum atomic E-state index is -0.600. The van der Waals surface area contributed by atoms with Crippen molar-refractivity contribution in [2.45, 2.75) is 26.2 Å². The van der Waals surface area contributed by atoms with Crippen LogP contribution >= 0.6 is 23.5 Å². The second-order valence-corrected chi connectivity index (χ2v) is 8.75. The lowest BCUT2D eigenvalue weighted by atomic mass is 10.1. The van der Waals surface area contributed by atoms with Gasteiger partial charge in [0.25, 0.3) is 0 Å². The SMILES string of the molecule is O=C1OCc2ccc(Sc3ccc(Sc4ccc5c(c4)C(=O)OC5=O)cc3)cc21. The number of carbonyl (C=O) groups excluding carboxylic acids is 3. The fraction of sp³-hybridized carbons (Fsp3) is 0.0455. The summed E-state index contributed by atoms with van der Waals surface area (Å²) in [6, 6.07) is 18.9. The van der Waals surface area contributed by atoms with Gasteiger partial charge in [0.1, 0.15) is 6.61 Å². The molecule has 0 spiro atoms. The zero-order valence-electron chi connectivity index (χ0n) is 14.8. The Morgan fingerprint density at radius 1 is 0.586 bits per heavy atom. The molecule has 0 amide bonds. The summed E-state index contributed by atoms with van der Waals surface area (Å²) in [5, 5.41) is 0. The zero-order valence-corrected chi connectivity index (χ0v) is 16.5. The number of rotatable bonds is 4. The van der Waals surface area contributed by atoms with E-state index in [0.717, 1.165) is 25.1 Å². The van der Waals surface area contributed by atoms with E-state index in [1.807, 2.05) is 42.5 Å². The predicted octanol–water partition coefficient (Wildman–Crippen LogP) is 4.97. The first-order valence-electron chi connectivity index (χ1n) is 8.73. The Labute approximate surface area is 174 Å². The summed E-state index contributed by atoms with van der Waals surface area (Å²) in [5.74, 6) is -1.46. The first-order chi connectivity index (χ1) is 14.1. The monoisotopic (exact) mass is 420 g/mol. The van der Waals surface area contributed by atoms with Crippen molar-refractivity contribution in [1.29, 1.82) is 0 Å². The molecule has 5 nitrogen and oxygen atoms in total. The van der Waals surface area contributed by atoms with E-state index in [9.17, 15) is 14.4 Å². The highest BCUT2D eigenvalue weighted by Gasteiger charge is 2.29. The van der Waals surface area contributed by atoms with Crippen LogP contribution in [0.2, 0.25) is 0 Å². The number of carbonyl (C=O) groups is 3. The maximum absolute atomic E-state index is 11.7. The van der Waals surface area contributed by atoms with Gasteiger partial charge in [-0.1, -0.05) is 29.6 Å². The molecule has 0 aromatic heterocycles. The molecule has 0 fully saturated rings. The number of fused-ring (bicyclic) bond motifs is 2.